The van der Waals surface area contributed by atoms with Crippen molar-refractivity contribution in [3.8, 4) is 0 Å². The zero-order valence-corrected chi connectivity index (χ0v) is 12.3. The maximum absolute atomic E-state index is 12.6. The quantitative estimate of drug-likeness (QED) is 0.842. The highest BCUT2D eigenvalue weighted by Gasteiger charge is 2.35. The normalized spacial score (nSPS) is 15.6. The van der Waals surface area contributed by atoms with E-state index in [1.165, 1.54) is 6.20 Å². The van der Waals surface area contributed by atoms with E-state index in [1.54, 1.807) is 0 Å². The minimum atomic E-state index is -4.50. The summed E-state index contributed by atoms with van der Waals surface area (Å²) in [7, 11) is 0. The molecule has 1 aliphatic heterocycles. The monoisotopic (exact) mass is 327 g/mol. The van der Waals surface area contributed by atoms with E-state index in [9.17, 15) is 13.2 Å². The van der Waals surface area contributed by atoms with Crippen LogP contribution in [0.2, 0.25) is 5.02 Å². The molecule has 0 radical (unpaired) electrons. The lowest BCUT2D eigenvalue weighted by Gasteiger charge is -2.28. The van der Waals surface area contributed by atoms with Crippen molar-refractivity contribution in [2.45, 2.75) is 25.7 Å². The van der Waals surface area contributed by atoms with Crippen LogP contribution in [0.25, 0.3) is 0 Å². The Bertz CT molecular complexity index is 688. The summed E-state index contributed by atoms with van der Waals surface area (Å²) >= 11 is 6.14. The predicted octanol–water partition coefficient (Wildman–Crippen LogP) is 3.71. The van der Waals surface area contributed by atoms with Crippen LogP contribution in [0.4, 0.5) is 13.2 Å². The Morgan fingerprint density at radius 2 is 2.00 bits per heavy atom. The number of nitrogens with zero attached hydrogens (tertiary/aromatic N) is 3. The number of rotatable bonds is 2. The highest BCUT2D eigenvalue weighted by atomic mass is 35.5. The molecular formula is C15H13ClF3N3. The number of hydrogen-bond donors (Lipinski definition) is 0. The minimum Gasteiger partial charge on any atom is -0.294 e. The van der Waals surface area contributed by atoms with Crippen LogP contribution in [0, 0.1) is 0 Å². The lowest BCUT2D eigenvalue weighted by molar-refractivity contribution is -0.145. The maximum Gasteiger partial charge on any atom is 0.451 e. The predicted molar refractivity (Wildman–Crippen MR) is 76.3 cm³/mol. The summed E-state index contributed by atoms with van der Waals surface area (Å²) in [5.74, 6) is -1.06. The molecule has 0 fully saturated rings. The topological polar surface area (TPSA) is 29.0 Å². The zero-order valence-electron chi connectivity index (χ0n) is 11.6. The first kappa shape index (κ1) is 15.2. The largest absolute Gasteiger partial charge is 0.451 e. The molecule has 0 spiro atoms. The first-order valence-electron chi connectivity index (χ1n) is 6.81. The average molecular weight is 328 g/mol. The van der Waals surface area contributed by atoms with Crippen LogP contribution in [-0.4, -0.2) is 21.4 Å². The highest BCUT2D eigenvalue weighted by molar-refractivity contribution is 6.31. The summed E-state index contributed by atoms with van der Waals surface area (Å²) in [4.78, 5) is 9.21. The van der Waals surface area contributed by atoms with Crippen LogP contribution in [0.1, 0.15) is 22.6 Å². The van der Waals surface area contributed by atoms with E-state index in [0.29, 0.717) is 36.8 Å². The third-order valence-corrected chi connectivity index (χ3v) is 3.99. The van der Waals surface area contributed by atoms with Crippen LogP contribution in [0.5, 0.6) is 0 Å². The highest BCUT2D eigenvalue weighted by Crippen LogP contribution is 2.28. The van der Waals surface area contributed by atoms with Crippen LogP contribution < -0.4 is 0 Å². The molecule has 0 N–H and O–H groups in total. The molecule has 7 heteroatoms. The molecular weight excluding hydrogens is 315 g/mol. The molecule has 2 aromatic rings. The molecule has 0 atom stereocenters. The number of aromatic nitrogens is 2. The first-order chi connectivity index (χ1) is 10.4. The van der Waals surface area contributed by atoms with Gasteiger partial charge in [0.15, 0.2) is 0 Å². The SMILES string of the molecule is FC(F)(F)c1ncc2c(n1)CCN(Cc1ccccc1Cl)C2. The van der Waals surface area contributed by atoms with Crippen LogP contribution >= 0.6 is 11.6 Å². The number of fused-ring (bicyclic) bond motifs is 1. The Hall–Kier alpha value is -1.66. The first-order valence-corrected chi connectivity index (χ1v) is 7.19. The lowest BCUT2D eigenvalue weighted by atomic mass is 10.1. The third kappa shape index (κ3) is 3.23. The van der Waals surface area contributed by atoms with Gasteiger partial charge in [0.2, 0.25) is 5.82 Å². The second-order valence-electron chi connectivity index (χ2n) is 5.22. The average Bonchev–Trinajstić information content (AvgIpc) is 2.48. The van der Waals surface area contributed by atoms with Gasteiger partial charge >= 0.3 is 6.18 Å². The molecule has 0 amide bonds. The van der Waals surface area contributed by atoms with E-state index in [1.807, 2.05) is 24.3 Å². The standard InChI is InChI=1S/C15H13ClF3N3/c16-12-4-2-1-3-10(12)8-22-6-5-13-11(9-22)7-20-14(21-13)15(17,18)19/h1-4,7H,5-6,8-9H2. The van der Waals surface area contributed by atoms with Gasteiger partial charge in [0.05, 0.1) is 5.69 Å². The van der Waals surface area contributed by atoms with Gasteiger partial charge in [-0.1, -0.05) is 29.8 Å². The van der Waals surface area contributed by atoms with Crippen molar-refractivity contribution in [1.29, 1.82) is 0 Å². The molecule has 1 aromatic carbocycles. The van der Waals surface area contributed by atoms with Crippen LogP contribution in [0.3, 0.4) is 0 Å². The van der Waals surface area contributed by atoms with Gasteiger partial charge in [0.25, 0.3) is 0 Å². The summed E-state index contributed by atoms with van der Waals surface area (Å²) in [5.41, 5.74) is 2.23. The van der Waals surface area contributed by atoms with Gasteiger partial charge in [-0.15, -0.1) is 0 Å². The Morgan fingerprint density at radius 1 is 1.23 bits per heavy atom. The van der Waals surface area contributed by atoms with Crippen molar-refractivity contribution in [1.82, 2.24) is 14.9 Å². The van der Waals surface area contributed by atoms with Gasteiger partial charge < -0.3 is 0 Å². The summed E-state index contributed by atoms with van der Waals surface area (Å²) in [6.45, 7) is 1.82. The van der Waals surface area contributed by atoms with Crippen molar-refractivity contribution in [2.75, 3.05) is 6.54 Å². The van der Waals surface area contributed by atoms with Gasteiger partial charge in [-0.2, -0.15) is 13.2 Å². The summed E-state index contributed by atoms with van der Waals surface area (Å²) in [5, 5.41) is 0.692. The Balaban J connectivity index is 1.76. The zero-order chi connectivity index (χ0) is 15.7. The van der Waals surface area contributed by atoms with Gasteiger partial charge in [-0.3, -0.25) is 4.90 Å². The lowest BCUT2D eigenvalue weighted by Crippen LogP contribution is -2.31. The molecule has 0 aliphatic carbocycles. The molecule has 0 saturated carbocycles. The molecule has 3 rings (SSSR count). The fourth-order valence-corrected chi connectivity index (χ4v) is 2.71. The van der Waals surface area contributed by atoms with Gasteiger partial charge in [0, 0.05) is 42.8 Å². The van der Waals surface area contributed by atoms with Crippen molar-refractivity contribution in [2.24, 2.45) is 0 Å². The molecule has 22 heavy (non-hydrogen) atoms. The number of halogens is 4. The van der Waals surface area contributed by atoms with E-state index in [0.717, 1.165) is 11.1 Å². The molecule has 116 valence electrons. The van der Waals surface area contributed by atoms with E-state index in [4.69, 9.17) is 11.6 Å². The molecule has 1 aromatic heterocycles. The van der Waals surface area contributed by atoms with Crippen molar-refractivity contribution in [3.63, 3.8) is 0 Å². The van der Waals surface area contributed by atoms with E-state index in [2.05, 4.69) is 14.9 Å². The Morgan fingerprint density at radius 3 is 2.73 bits per heavy atom. The third-order valence-electron chi connectivity index (χ3n) is 3.62. The molecule has 0 unspecified atom stereocenters. The Labute approximate surface area is 130 Å². The fourth-order valence-electron chi connectivity index (χ4n) is 2.51. The van der Waals surface area contributed by atoms with E-state index in [-0.39, 0.29) is 0 Å². The van der Waals surface area contributed by atoms with Crippen LogP contribution in [0.15, 0.2) is 30.5 Å². The second kappa shape index (κ2) is 5.85. The van der Waals surface area contributed by atoms with Gasteiger partial charge in [-0.05, 0) is 11.6 Å². The van der Waals surface area contributed by atoms with E-state index < -0.39 is 12.0 Å². The maximum atomic E-state index is 12.6. The fraction of sp³-hybridized carbons (Fsp3) is 0.333. The number of hydrogen-bond acceptors (Lipinski definition) is 3. The summed E-state index contributed by atoms with van der Waals surface area (Å²) in [6, 6.07) is 7.55. The van der Waals surface area contributed by atoms with Gasteiger partial charge in [-0.25, -0.2) is 9.97 Å². The molecule has 3 nitrogen and oxygen atoms in total. The minimum absolute atomic E-state index is 0.478. The number of benzene rings is 1. The van der Waals surface area contributed by atoms with Crippen molar-refractivity contribution in [3.05, 3.63) is 58.1 Å². The second-order valence-corrected chi connectivity index (χ2v) is 5.62. The van der Waals surface area contributed by atoms with Crippen LogP contribution in [-0.2, 0) is 25.7 Å². The number of alkyl halides is 3. The summed E-state index contributed by atoms with van der Waals surface area (Å²) in [6.07, 6.45) is -2.74. The van der Waals surface area contributed by atoms with Crippen molar-refractivity contribution >= 4 is 11.6 Å². The molecule has 1 aliphatic rings. The van der Waals surface area contributed by atoms with E-state index >= 15 is 0 Å². The molecule has 2 heterocycles. The summed E-state index contributed by atoms with van der Waals surface area (Å²) < 4.78 is 37.8. The van der Waals surface area contributed by atoms with Crippen molar-refractivity contribution < 1.29 is 13.2 Å². The van der Waals surface area contributed by atoms with Gasteiger partial charge in [0.1, 0.15) is 0 Å². The molecule has 0 saturated heterocycles. The Kier molecular flexibility index (Phi) is 4.06. The smallest absolute Gasteiger partial charge is 0.294 e. The molecule has 0 bridgehead atoms.